The average Bonchev–Trinajstić information content (AvgIpc) is 2.77. The number of hydrogen-bond acceptors (Lipinski definition) is 4. The van der Waals surface area contributed by atoms with Crippen molar-refractivity contribution in [3.8, 4) is 5.75 Å². The molecule has 1 heterocycles. The van der Waals surface area contributed by atoms with Gasteiger partial charge in [-0.3, -0.25) is 14.9 Å². The molecule has 1 unspecified atom stereocenters. The monoisotopic (exact) mass is 291 g/mol. The molecule has 1 aliphatic rings. The molecule has 0 spiro atoms. The van der Waals surface area contributed by atoms with E-state index in [1.807, 2.05) is 24.3 Å². The Balaban J connectivity index is 1.74. The van der Waals surface area contributed by atoms with E-state index in [9.17, 15) is 14.4 Å². The van der Waals surface area contributed by atoms with E-state index < -0.39 is 18.0 Å². The number of urea groups is 1. The van der Waals surface area contributed by atoms with E-state index in [4.69, 9.17) is 4.74 Å². The van der Waals surface area contributed by atoms with Gasteiger partial charge in [0, 0.05) is 6.54 Å². The van der Waals surface area contributed by atoms with Crippen LogP contribution in [-0.4, -0.2) is 37.5 Å². The number of hydrogen-bond donors (Lipinski definition) is 3. The fourth-order valence-electron chi connectivity index (χ4n) is 2.03. The third-order valence-corrected chi connectivity index (χ3v) is 3.12. The van der Waals surface area contributed by atoms with Crippen molar-refractivity contribution in [1.82, 2.24) is 16.0 Å². The number of benzene rings is 1. The molecule has 2 rings (SSSR count). The van der Waals surface area contributed by atoms with Crippen molar-refractivity contribution in [2.75, 3.05) is 13.7 Å². The standard InChI is InChI=1S/C14H17N3O4/c1-21-10-4-2-3-9(7-10)5-6-15-12(18)8-11-13(19)17-14(20)16-11/h2-4,7,11H,5-6,8H2,1H3,(H,15,18)(H2,16,17,19,20). The summed E-state index contributed by atoms with van der Waals surface area (Å²) in [5.41, 5.74) is 1.04. The molecule has 0 aromatic heterocycles. The lowest BCUT2D eigenvalue weighted by molar-refractivity contribution is -0.126. The third kappa shape index (κ3) is 4.20. The van der Waals surface area contributed by atoms with E-state index in [1.165, 1.54) is 0 Å². The van der Waals surface area contributed by atoms with E-state index in [0.29, 0.717) is 13.0 Å². The SMILES string of the molecule is COc1cccc(CCNC(=O)CC2NC(=O)NC2=O)c1. The molecule has 0 bridgehead atoms. The summed E-state index contributed by atoms with van der Waals surface area (Å²) < 4.78 is 5.12. The summed E-state index contributed by atoms with van der Waals surface area (Å²) in [5.74, 6) is 0.0207. The number of ether oxygens (including phenoxy) is 1. The molecule has 1 atom stereocenters. The van der Waals surface area contributed by atoms with Crippen LogP contribution in [0.15, 0.2) is 24.3 Å². The zero-order valence-corrected chi connectivity index (χ0v) is 11.6. The highest BCUT2D eigenvalue weighted by atomic mass is 16.5. The Bertz CT molecular complexity index is 559. The van der Waals surface area contributed by atoms with Crippen molar-refractivity contribution < 1.29 is 19.1 Å². The van der Waals surface area contributed by atoms with Gasteiger partial charge in [0.05, 0.1) is 13.5 Å². The molecule has 4 amide bonds. The van der Waals surface area contributed by atoms with Crippen LogP contribution in [0.1, 0.15) is 12.0 Å². The van der Waals surface area contributed by atoms with E-state index in [0.717, 1.165) is 11.3 Å². The van der Waals surface area contributed by atoms with Crippen molar-refractivity contribution in [1.29, 1.82) is 0 Å². The Morgan fingerprint density at radius 3 is 2.86 bits per heavy atom. The summed E-state index contributed by atoms with van der Waals surface area (Å²) in [7, 11) is 1.60. The van der Waals surface area contributed by atoms with Crippen LogP contribution in [0.4, 0.5) is 4.79 Å². The smallest absolute Gasteiger partial charge is 0.322 e. The molecule has 112 valence electrons. The highest BCUT2D eigenvalue weighted by Gasteiger charge is 2.30. The maximum atomic E-state index is 11.7. The molecule has 1 fully saturated rings. The first-order valence-electron chi connectivity index (χ1n) is 6.59. The molecule has 0 radical (unpaired) electrons. The molecular weight excluding hydrogens is 274 g/mol. The lowest BCUT2D eigenvalue weighted by Gasteiger charge is -2.09. The highest BCUT2D eigenvalue weighted by Crippen LogP contribution is 2.12. The maximum absolute atomic E-state index is 11.7. The summed E-state index contributed by atoms with van der Waals surface area (Å²) in [6.45, 7) is 0.453. The lowest BCUT2D eigenvalue weighted by Crippen LogP contribution is -2.36. The fraction of sp³-hybridized carbons (Fsp3) is 0.357. The minimum Gasteiger partial charge on any atom is -0.497 e. The first kappa shape index (κ1) is 14.8. The second kappa shape index (κ2) is 6.74. The number of methoxy groups -OCH3 is 1. The predicted molar refractivity (Wildman–Crippen MR) is 74.8 cm³/mol. The van der Waals surface area contributed by atoms with Crippen LogP contribution < -0.4 is 20.7 Å². The summed E-state index contributed by atoms with van der Waals surface area (Å²) in [6, 6.07) is 6.23. The minimum absolute atomic E-state index is 0.0598. The van der Waals surface area contributed by atoms with Gasteiger partial charge in [-0.1, -0.05) is 12.1 Å². The number of carbonyl (C=O) groups is 3. The summed E-state index contributed by atoms with van der Waals surface area (Å²) in [4.78, 5) is 33.9. The van der Waals surface area contributed by atoms with Crippen LogP contribution in [0.25, 0.3) is 0 Å². The largest absolute Gasteiger partial charge is 0.497 e. The molecular formula is C14H17N3O4. The van der Waals surface area contributed by atoms with Crippen molar-refractivity contribution in [2.24, 2.45) is 0 Å². The first-order chi connectivity index (χ1) is 10.1. The van der Waals surface area contributed by atoms with Gasteiger partial charge in [0.25, 0.3) is 5.91 Å². The van der Waals surface area contributed by atoms with Crippen LogP contribution in [0.3, 0.4) is 0 Å². The number of nitrogens with one attached hydrogen (secondary N) is 3. The number of rotatable bonds is 6. The molecule has 1 aromatic rings. The average molecular weight is 291 g/mol. The van der Waals surface area contributed by atoms with Crippen LogP contribution in [0, 0.1) is 0 Å². The molecule has 0 aliphatic carbocycles. The maximum Gasteiger partial charge on any atom is 0.322 e. The van der Waals surface area contributed by atoms with E-state index >= 15 is 0 Å². The van der Waals surface area contributed by atoms with Gasteiger partial charge in [0.1, 0.15) is 11.8 Å². The molecule has 21 heavy (non-hydrogen) atoms. The van der Waals surface area contributed by atoms with Gasteiger partial charge < -0.3 is 15.4 Å². The highest BCUT2D eigenvalue weighted by molar-refractivity contribution is 6.05. The van der Waals surface area contributed by atoms with Gasteiger partial charge >= 0.3 is 6.03 Å². The van der Waals surface area contributed by atoms with Crippen molar-refractivity contribution in [3.63, 3.8) is 0 Å². The van der Waals surface area contributed by atoms with Crippen molar-refractivity contribution >= 4 is 17.8 Å². The topological polar surface area (TPSA) is 96.5 Å². The Morgan fingerprint density at radius 1 is 1.38 bits per heavy atom. The van der Waals surface area contributed by atoms with Crippen LogP contribution in [0.5, 0.6) is 5.75 Å². The van der Waals surface area contributed by atoms with Crippen molar-refractivity contribution in [3.05, 3.63) is 29.8 Å². The van der Waals surface area contributed by atoms with E-state index in [-0.39, 0.29) is 12.3 Å². The zero-order chi connectivity index (χ0) is 15.2. The van der Waals surface area contributed by atoms with Crippen molar-refractivity contribution in [2.45, 2.75) is 18.9 Å². The van der Waals surface area contributed by atoms with Gasteiger partial charge in [0.2, 0.25) is 5.91 Å². The summed E-state index contributed by atoms with van der Waals surface area (Å²) in [6.07, 6.45) is 0.599. The predicted octanol–water partition coefficient (Wildman–Crippen LogP) is -0.0480. The molecule has 1 aromatic carbocycles. The number of amides is 4. The molecule has 1 aliphatic heterocycles. The Labute approximate surface area is 122 Å². The Kier molecular flexibility index (Phi) is 4.76. The van der Waals surface area contributed by atoms with Gasteiger partial charge in [-0.2, -0.15) is 0 Å². The summed E-state index contributed by atoms with van der Waals surface area (Å²) in [5, 5.41) is 7.18. The number of carbonyl (C=O) groups excluding carboxylic acids is 3. The second-order valence-corrected chi connectivity index (χ2v) is 4.67. The molecule has 0 saturated carbocycles. The normalized spacial score (nSPS) is 17.1. The quantitative estimate of drug-likeness (QED) is 0.640. The van der Waals surface area contributed by atoms with Gasteiger partial charge in [0.15, 0.2) is 0 Å². The lowest BCUT2D eigenvalue weighted by atomic mass is 10.1. The van der Waals surface area contributed by atoms with Gasteiger partial charge in [-0.25, -0.2) is 4.79 Å². The second-order valence-electron chi connectivity index (χ2n) is 4.67. The first-order valence-corrected chi connectivity index (χ1v) is 6.59. The van der Waals surface area contributed by atoms with Gasteiger partial charge in [-0.15, -0.1) is 0 Å². The Morgan fingerprint density at radius 2 is 2.19 bits per heavy atom. The van der Waals surface area contributed by atoms with Crippen LogP contribution in [-0.2, 0) is 16.0 Å². The van der Waals surface area contributed by atoms with E-state index in [1.54, 1.807) is 7.11 Å². The molecule has 7 heteroatoms. The third-order valence-electron chi connectivity index (χ3n) is 3.12. The Hall–Kier alpha value is -2.57. The van der Waals surface area contributed by atoms with Crippen LogP contribution in [0.2, 0.25) is 0 Å². The van der Waals surface area contributed by atoms with Gasteiger partial charge in [-0.05, 0) is 24.1 Å². The number of imide groups is 1. The van der Waals surface area contributed by atoms with E-state index in [2.05, 4.69) is 16.0 Å². The van der Waals surface area contributed by atoms with Crippen LogP contribution >= 0.6 is 0 Å². The molecule has 7 nitrogen and oxygen atoms in total. The molecule has 1 saturated heterocycles. The zero-order valence-electron chi connectivity index (χ0n) is 11.6. The summed E-state index contributed by atoms with van der Waals surface area (Å²) >= 11 is 0. The minimum atomic E-state index is -0.783. The molecule has 3 N–H and O–H groups in total. The fourth-order valence-corrected chi connectivity index (χ4v) is 2.03.